The summed E-state index contributed by atoms with van der Waals surface area (Å²) in [5, 5.41) is 2.84. The number of nitrogens with one attached hydrogen (secondary N) is 1. The Hall–Kier alpha value is -4.56. The highest BCUT2D eigenvalue weighted by atomic mass is 32.2. The lowest BCUT2D eigenvalue weighted by Crippen LogP contribution is -2.47. The second-order valence-electron chi connectivity index (χ2n) is 13.8. The summed E-state index contributed by atoms with van der Waals surface area (Å²) >= 11 is 0. The Kier molecular flexibility index (Phi) is 10.1. The van der Waals surface area contributed by atoms with Crippen LogP contribution in [0.15, 0.2) is 83.8 Å². The summed E-state index contributed by atoms with van der Waals surface area (Å²) in [5.74, 6) is -0.484. The van der Waals surface area contributed by atoms with Gasteiger partial charge in [-0.1, -0.05) is 57.2 Å². The molecule has 1 N–H and O–H groups in total. The molecule has 3 aromatic carbocycles. The Labute approximate surface area is 295 Å². The molecule has 0 spiro atoms. The van der Waals surface area contributed by atoms with Crippen LogP contribution in [0.2, 0.25) is 0 Å². The number of hydrogen-bond acceptors (Lipinski definition) is 7. The van der Waals surface area contributed by atoms with Crippen LogP contribution >= 0.6 is 0 Å². The molecule has 2 fully saturated rings. The summed E-state index contributed by atoms with van der Waals surface area (Å²) in [6.07, 6.45) is -3.63. The number of carbonyl (C=O) groups excluding carboxylic acids is 1. The number of piperazine rings is 1. The van der Waals surface area contributed by atoms with Crippen LogP contribution in [-0.4, -0.2) is 67.4 Å². The molecule has 2 aliphatic rings. The maximum absolute atomic E-state index is 14.5. The second kappa shape index (κ2) is 14.2. The van der Waals surface area contributed by atoms with E-state index < -0.39 is 33.7 Å². The summed E-state index contributed by atoms with van der Waals surface area (Å²) in [5.41, 5.74) is 1.71. The smallest absolute Gasteiger partial charge is 0.366 e. The number of anilines is 2. The molecule has 51 heavy (non-hydrogen) atoms. The van der Waals surface area contributed by atoms with E-state index >= 15 is 0 Å². The van der Waals surface area contributed by atoms with Crippen molar-refractivity contribution in [3.05, 3.63) is 102 Å². The summed E-state index contributed by atoms with van der Waals surface area (Å²) in [4.78, 5) is 26.9. The van der Waals surface area contributed by atoms with Gasteiger partial charge in [-0.25, -0.2) is 22.8 Å². The Morgan fingerprint density at radius 2 is 1.47 bits per heavy atom. The molecule has 0 radical (unpaired) electrons. The molecule has 1 aromatic heterocycles. The zero-order valence-electron chi connectivity index (χ0n) is 28.6. The quantitative estimate of drug-likeness (QED) is 0.210. The van der Waals surface area contributed by atoms with Gasteiger partial charge in [0.15, 0.2) is 0 Å². The molecule has 1 atom stereocenters. The van der Waals surface area contributed by atoms with Crippen LogP contribution in [-0.2, 0) is 33.0 Å². The Morgan fingerprint density at radius 3 is 2.10 bits per heavy atom. The number of carbonyl (C=O) groups is 1. The van der Waals surface area contributed by atoms with Crippen molar-refractivity contribution in [3.63, 3.8) is 0 Å². The first kappa shape index (κ1) is 36.2. The van der Waals surface area contributed by atoms with Gasteiger partial charge >= 0.3 is 6.18 Å². The summed E-state index contributed by atoms with van der Waals surface area (Å²) in [7, 11) is -3.95. The minimum atomic E-state index is -4.50. The molecule has 14 heteroatoms. The Balaban J connectivity index is 1.21. The van der Waals surface area contributed by atoms with E-state index in [1.54, 1.807) is 48.5 Å². The molecule has 3 heterocycles. The number of aromatic nitrogens is 2. The molecule has 0 aliphatic carbocycles. The number of amides is 1. The monoisotopic (exact) mass is 724 g/mol. The maximum atomic E-state index is 14.5. The van der Waals surface area contributed by atoms with Crippen molar-refractivity contribution >= 4 is 27.6 Å². The average Bonchev–Trinajstić information content (AvgIpc) is 3.62. The molecule has 2 saturated heterocycles. The number of benzene rings is 3. The predicted octanol–water partition coefficient (Wildman–Crippen LogP) is 6.40. The van der Waals surface area contributed by atoms with Gasteiger partial charge in [0.25, 0.3) is 0 Å². The van der Waals surface area contributed by atoms with Crippen LogP contribution in [0.5, 0.6) is 0 Å². The fraction of sp³-hybridized carbons (Fsp3) is 0.378. The van der Waals surface area contributed by atoms with Crippen molar-refractivity contribution in [2.45, 2.75) is 62.7 Å². The molecule has 1 unspecified atom stereocenters. The number of para-hydroxylation sites is 1. The van der Waals surface area contributed by atoms with Crippen LogP contribution in [0.3, 0.4) is 0 Å². The van der Waals surface area contributed by atoms with E-state index in [2.05, 4.69) is 10.3 Å². The number of rotatable bonds is 8. The summed E-state index contributed by atoms with van der Waals surface area (Å²) in [6.45, 7) is 8.11. The molecule has 6 rings (SSSR count). The SMILES string of the molecule is CC(C)(C)c1ccc(S(=O)(=O)N2CCCC2C(=O)NCc2cc(-c3ccc(C(F)(F)F)cc3)nc(N3CCN(c4ccccc4F)CC3)n2)cc1. The van der Waals surface area contributed by atoms with Crippen LogP contribution in [0.4, 0.5) is 29.2 Å². The first-order chi connectivity index (χ1) is 24.1. The van der Waals surface area contributed by atoms with Gasteiger partial charge in [0.1, 0.15) is 11.9 Å². The van der Waals surface area contributed by atoms with Gasteiger partial charge < -0.3 is 15.1 Å². The highest BCUT2D eigenvalue weighted by Crippen LogP contribution is 2.32. The van der Waals surface area contributed by atoms with E-state index in [0.717, 1.165) is 17.7 Å². The van der Waals surface area contributed by atoms with Crippen molar-refractivity contribution in [3.8, 4) is 11.3 Å². The van der Waals surface area contributed by atoms with Crippen molar-refractivity contribution in [1.82, 2.24) is 19.6 Å². The van der Waals surface area contributed by atoms with Gasteiger partial charge in [-0.05, 0) is 66.3 Å². The third kappa shape index (κ3) is 8.01. The molecule has 1 amide bonds. The van der Waals surface area contributed by atoms with Crippen LogP contribution in [0, 0.1) is 5.82 Å². The maximum Gasteiger partial charge on any atom is 0.416 e. The van der Waals surface area contributed by atoms with E-state index in [0.29, 0.717) is 67.6 Å². The second-order valence-corrected chi connectivity index (χ2v) is 15.7. The predicted molar refractivity (Wildman–Crippen MR) is 187 cm³/mol. The lowest BCUT2D eigenvalue weighted by molar-refractivity contribution is -0.137. The van der Waals surface area contributed by atoms with Crippen LogP contribution in [0.1, 0.15) is 50.4 Å². The number of halogens is 4. The molecule has 0 bridgehead atoms. The van der Waals surface area contributed by atoms with Gasteiger partial charge in [-0.15, -0.1) is 0 Å². The highest BCUT2D eigenvalue weighted by molar-refractivity contribution is 7.89. The van der Waals surface area contributed by atoms with Gasteiger partial charge in [-0.3, -0.25) is 4.79 Å². The molecule has 270 valence electrons. The number of nitrogens with zero attached hydrogens (tertiary/aromatic N) is 5. The largest absolute Gasteiger partial charge is 0.416 e. The van der Waals surface area contributed by atoms with Gasteiger partial charge in [0, 0.05) is 38.3 Å². The van der Waals surface area contributed by atoms with Crippen molar-refractivity contribution in [1.29, 1.82) is 0 Å². The highest BCUT2D eigenvalue weighted by Gasteiger charge is 2.39. The molecular formula is C37H40F4N6O3S. The zero-order chi connectivity index (χ0) is 36.6. The fourth-order valence-corrected chi connectivity index (χ4v) is 8.05. The average molecular weight is 725 g/mol. The molecule has 0 saturated carbocycles. The van der Waals surface area contributed by atoms with E-state index in [1.807, 2.05) is 30.6 Å². The zero-order valence-corrected chi connectivity index (χ0v) is 29.4. The Bertz CT molecular complexity index is 1980. The fourth-order valence-electron chi connectivity index (χ4n) is 6.40. The Morgan fingerprint density at radius 1 is 0.843 bits per heavy atom. The first-order valence-electron chi connectivity index (χ1n) is 16.8. The number of hydrogen-bond donors (Lipinski definition) is 1. The van der Waals surface area contributed by atoms with Crippen molar-refractivity contribution < 1.29 is 30.8 Å². The van der Waals surface area contributed by atoms with E-state index in [-0.39, 0.29) is 29.2 Å². The summed E-state index contributed by atoms with van der Waals surface area (Å²) in [6, 6.07) is 18.6. The molecule has 4 aromatic rings. The van der Waals surface area contributed by atoms with Gasteiger partial charge in [0.2, 0.25) is 21.9 Å². The van der Waals surface area contributed by atoms with E-state index in [4.69, 9.17) is 4.98 Å². The minimum Gasteiger partial charge on any atom is -0.366 e. The molecule has 2 aliphatic heterocycles. The van der Waals surface area contributed by atoms with Crippen LogP contribution in [0.25, 0.3) is 11.3 Å². The molecular weight excluding hydrogens is 685 g/mol. The molecule has 9 nitrogen and oxygen atoms in total. The lowest BCUT2D eigenvalue weighted by atomic mass is 9.87. The third-order valence-corrected chi connectivity index (χ3v) is 11.2. The van der Waals surface area contributed by atoms with Crippen molar-refractivity contribution in [2.75, 3.05) is 42.5 Å². The van der Waals surface area contributed by atoms with Crippen molar-refractivity contribution in [2.24, 2.45) is 0 Å². The minimum absolute atomic E-state index is 0.0676. The first-order valence-corrected chi connectivity index (χ1v) is 18.3. The van der Waals surface area contributed by atoms with Crippen LogP contribution < -0.4 is 15.1 Å². The van der Waals surface area contributed by atoms with Gasteiger partial charge in [-0.2, -0.15) is 17.5 Å². The lowest BCUT2D eigenvalue weighted by Gasteiger charge is -2.36. The standard InChI is InChI=1S/C37H40F4N6O3S/c1-36(2,3)26-14-16-29(17-15-26)51(49,50)47-18-6-9-33(47)34(48)42-24-28-23-31(25-10-12-27(13-11-25)37(39,40)41)44-35(43-28)46-21-19-45(20-22-46)32-8-5-4-7-30(32)38/h4-5,7-8,10-17,23,33H,6,9,18-22,24H2,1-3H3,(H,42,48). The third-order valence-electron chi connectivity index (χ3n) is 9.31. The van der Waals surface area contributed by atoms with E-state index in [1.165, 1.54) is 22.5 Å². The van der Waals surface area contributed by atoms with Gasteiger partial charge in [0.05, 0.1) is 34.1 Å². The normalized spacial score (nSPS) is 17.5. The number of alkyl halides is 3. The summed E-state index contributed by atoms with van der Waals surface area (Å²) < 4.78 is 82.9. The number of sulfonamides is 1. The van der Waals surface area contributed by atoms with E-state index in [9.17, 15) is 30.8 Å². The topological polar surface area (TPSA) is 98.7 Å².